The number of nitro groups is 1. The van der Waals surface area contributed by atoms with Crippen LogP contribution in [0.25, 0.3) is 6.08 Å². The lowest BCUT2D eigenvalue weighted by atomic mass is 9.87. The Balaban J connectivity index is 1.71. The second-order valence-corrected chi connectivity index (χ2v) is 6.96. The highest BCUT2D eigenvalue weighted by Crippen LogP contribution is 2.25. The van der Waals surface area contributed by atoms with E-state index in [4.69, 9.17) is 0 Å². The highest BCUT2D eigenvalue weighted by atomic mass is 16.6. The molecule has 0 saturated heterocycles. The van der Waals surface area contributed by atoms with Crippen molar-refractivity contribution in [3.8, 4) is 0 Å². The average molecular weight is 402 g/mol. The van der Waals surface area contributed by atoms with Gasteiger partial charge >= 0.3 is 0 Å². The van der Waals surface area contributed by atoms with Gasteiger partial charge in [-0.2, -0.15) is 0 Å². The molecule has 6 nitrogen and oxygen atoms in total. The molecule has 1 atom stereocenters. The van der Waals surface area contributed by atoms with Gasteiger partial charge in [0.25, 0.3) is 5.69 Å². The first kappa shape index (κ1) is 21.0. The summed E-state index contributed by atoms with van der Waals surface area (Å²) in [6, 6.07) is 24.8. The first-order chi connectivity index (χ1) is 14.5. The van der Waals surface area contributed by atoms with Gasteiger partial charge in [-0.05, 0) is 22.8 Å². The third-order valence-electron chi connectivity index (χ3n) is 4.71. The summed E-state index contributed by atoms with van der Waals surface area (Å²) in [4.78, 5) is 22.7. The second kappa shape index (κ2) is 9.62. The predicted octanol–water partition coefficient (Wildman–Crippen LogP) is 3.85. The van der Waals surface area contributed by atoms with Crippen molar-refractivity contribution in [1.29, 1.82) is 0 Å². The van der Waals surface area contributed by atoms with E-state index in [2.05, 4.69) is 5.32 Å². The quantitative estimate of drug-likeness (QED) is 0.340. The molecule has 0 radical (unpaired) electrons. The maximum Gasteiger partial charge on any atom is 0.270 e. The Kier molecular flexibility index (Phi) is 6.72. The van der Waals surface area contributed by atoms with Crippen LogP contribution in [0.2, 0.25) is 0 Å². The number of nitrogens with zero attached hydrogens (tertiary/aromatic N) is 1. The van der Waals surface area contributed by atoms with Gasteiger partial charge in [0.2, 0.25) is 5.91 Å². The van der Waals surface area contributed by atoms with Crippen molar-refractivity contribution in [2.45, 2.75) is 12.0 Å². The minimum absolute atomic E-state index is 0.0179. The SMILES string of the molecule is O=C(/C=C/c1cccc([N+](=O)[O-])c1)NC[C@@](O)(Cc1ccccc1)c1ccccc1. The molecule has 0 unspecified atom stereocenters. The maximum atomic E-state index is 12.3. The van der Waals surface area contributed by atoms with Gasteiger partial charge in [-0.3, -0.25) is 14.9 Å². The molecule has 2 N–H and O–H groups in total. The molecule has 0 spiro atoms. The van der Waals surface area contributed by atoms with Crippen molar-refractivity contribution < 1.29 is 14.8 Å². The average Bonchev–Trinajstić information content (AvgIpc) is 2.78. The molecule has 0 aliphatic carbocycles. The topological polar surface area (TPSA) is 92.5 Å². The summed E-state index contributed by atoms with van der Waals surface area (Å²) < 4.78 is 0. The number of nitro benzene ring substituents is 1. The van der Waals surface area contributed by atoms with E-state index in [9.17, 15) is 20.0 Å². The fourth-order valence-corrected chi connectivity index (χ4v) is 3.15. The second-order valence-electron chi connectivity index (χ2n) is 6.96. The van der Waals surface area contributed by atoms with E-state index < -0.39 is 16.4 Å². The molecule has 0 aromatic heterocycles. The zero-order chi connectivity index (χ0) is 21.4. The van der Waals surface area contributed by atoms with E-state index in [0.29, 0.717) is 17.5 Å². The van der Waals surface area contributed by atoms with Crippen LogP contribution in [-0.4, -0.2) is 22.5 Å². The number of amides is 1. The molecule has 30 heavy (non-hydrogen) atoms. The van der Waals surface area contributed by atoms with Crippen LogP contribution >= 0.6 is 0 Å². The molecule has 0 bridgehead atoms. The molecule has 0 aliphatic rings. The van der Waals surface area contributed by atoms with Crippen LogP contribution in [0.5, 0.6) is 0 Å². The standard InChI is InChI=1S/C24H22N2O4/c27-23(15-14-19-10-7-13-22(16-19)26(29)30)25-18-24(28,21-11-5-2-6-12-21)17-20-8-3-1-4-9-20/h1-16,28H,17-18H2,(H,25,27)/b15-14+/t24-/m0/s1. The molecular formula is C24H22N2O4. The van der Waals surface area contributed by atoms with Gasteiger partial charge in [0.05, 0.1) is 11.5 Å². The summed E-state index contributed by atoms with van der Waals surface area (Å²) in [5.41, 5.74) is 0.875. The molecule has 3 aromatic carbocycles. The van der Waals surface area contributed by atoms with Gasteiger partial charge in [0, 0.05) is 24.6 Å². The zero-order valence-electron chi connectivity index (χ0n) is 16.3. The number of aliphatic hydroxyl groups is 1. The molecule has 0 fully saturated rings. The van der Waals surface area contributed by atoms with E-state index in [1.807, 2.05) is 60.7 Å². The molecular weight excluding hydrogens is 380 g/mol. The van der Waals surface area contributed by atoms with Crippen LogP contribution in [0.3, 0.4) is 0 Å². The Morgan fingerprint density at radius 3 is 2.33 bits per heavy atom. The number of rotatable bonds is 8. The molecule has 0 aliphatic heterocycles. The monoisotopic (exact) mass is 402 g/mol. The Bertz CT molecular complexity index is 1040. The minimum Gasteiger partial charge on any atom is -0.383 e. The normalized spacial score (nSPS) is 13.0. The van der Waals surface area contributed by atoms with Crippen LogP contribution in [0.4, 0.5) is 5.69 Å². The molecule has 0 saturated carbocycles. The fraction of sp³-hybridized carbons (Fsp3) is 0.125. The number of carbonyl (C=O) groups excluding carboxylic acids is 1. The zero-order valence-corrected chi connectivity index (χ0v) is 16.3. The molecule has 152 valence electrons. The molecule has 3 rings (SSSR count). The van der Waals surface area contributed by atoms with E-state index >= 15 is 0 Å². The molecule has 6 heteroatoms. The molecule has 1 amide bonds. The summed E-state index contributed by atoms with van der Waals surface area (Å²) in [6.45, 7) is 0.0179. The first-order valence-corrected chi connectivity index (χ1v) is 9.48. The number of benzene rings is 3. The lowest BCUT2D eigenvalue weighted by Gasteiger charge is -2.29. The van der Waals surface area contributed by atoms with Crippen molar-refractivity contribution in [1.82, 2.24) is 5.32 Å². The van der Waals surface area contributed by atoms with Crippen LogP contribution in [0.15, 0.2) is 91.0 Å². The predicted molar refractivity (Wildman–Crippen MR) is 116 cm³/mol. The van der Waals surface area contributed by atoms with Gasteiger partial charge in [-0.1, -0.05) is 72.8 Å². The van der Waals surface area contributed by atoms with Crippen molar-refractivity contribution in [2.75, 3.05) is 6.54 Å². The number of hydrogen-bond donors (Lipinski definition) is 2. The summed E-state index contributed by atoms with van der Waals surface area (Å²) in [5, 5.41) is 25.0. The Morgan fingerprint density at radius 1 is 1.00 bits per heavy atom. The van der Waals surface area contributed by atoms with Crippen LogP contribution in [-0.2, 0) is 16.8 Å². The lowest BCUT2D eigenvalue weighted by Crippen LogP contribution is -2.42. The maximum absolute atomic E-state index is 12.3. The fourth-order valence-electron chi connectivity index (χ4n) is 3.15. The number of nitrogens with one attached hydrogen (secondary N) is 1. The number of carbonyl (C=O) groups is 1. The van der Waals surface area contributed by atoms with Crippen molar-refractivity contribution >= 4 is 17.7 Å². The first-order valence-electron chi connectivity index (χ1n) is 9.48. The molecule has 3 aromatic rings. The van der Waals surface area contributed by atoms with E-state index in [0.717, 1.165) is 5.56 Å². The van der Waals surface area contributed by atoms with Crippen molar-refractivity contribution in [2.24, 2.45) is 0 Å². The van der Waals surface area contributed by atoms with Gasteiger partial charge < -0.3 is 10.4 Å². The minimum atomic E-state index is -1.28. The van der Waals surface area contributed by atoms with Gasteiger partial charge in [0.15, 0.2) is 0 Å². The highest BCUT2D eigenvalue weighted by Gasteiger charge is 2.29. The lowest BCUT2D eigenvalue weighted by molar-refractivity contribution is -0.384. The largest absolute Gasteiger partial charge is 0.383 e. The smallest absolute Gasteiger partial charge is 0.270 e. The van der Waals surface area contributed by atoms with E-state index in [-0.39, 0.29) is 12.2 Å². The summed E-state index contributed by atoms with van der Waals surface area (Å²) in [7, 11) is 0. The number of non-ortho nitro benzene ring substituents is 1. The third-order valence-corrected chi connectivity index (χ3v) is 4.71. The summed E-state index contributed by atoms with van der Waals surface area (Å²) >= 11 is 0. The van der Waals surface area contributed by atoms with Crippen molar-refractivity contribution in [3.05, 3.63) is 118 Å². The summed E-state index contributed by atoms with van der Waals surface area (Å²) in [6.07, 6.45) is 3.14. The third kappa shape index (κ3) is 5.62. The van der Waals surface area contributed by atoms with Crippen molar-refractivity contribution in [3.63, 3.8) is 0 Å². The van der Waals surface area contributed by atoms with Gasteiger partial charge in [-0.15, -0.1) is 0 Å². The van der Waals surface area contributed by atoms with Crippen LogP contribution in [0, 0.1) is 10.1 Å². The molecule has 0 heterocycles. The highest BCUT2D eigenvalue weighted by molar-refractivity contribution is 5.91. The Hall–Kier alpha value is -3.77. The van der Waals surface area contributed by atoms with E-state index in [1.54, 1.807) is 12.1 Å². The summed E-state index contributed by atoms with van der Waals surface area (Å²) in [5.74, 6) is -0.399. The van der Waals surface area contributed by atoms with Gasteiger partial charge in [-0.25, -0.2) is 0 Å². The number of hydrogen-bond acceptors (Lipinski definition) is 4. The Labute approximate surface area is 174 Å². The Morgan fingerprint density at radius 2 is 1.67 bits per heavy atom. The van der Waals surface area contributed by atoms with Crippen LogP contribution < -0.4 is 5.32 Å². The van der Waals surface area contributed by atoms with E-state index in [1.165, 1.54) is 24.3 Å². The van der Waals surface area contributed by atoms with Gasteiger partial charge in [0.1, 0.15) is 5.60 Å². The van der Waals surface area contributed by atoms with Crippen LogP contribution in [0.1, 0.15) is 16.7 Å².